The van der Waals surface area contributed by atoms with E-state index < -0.39 is 0 Å². The first-order valence-electron chi connectivity index (χ1n) is 5.12. The number of hydrogen-bond acceptors (Lipinski definition) is 3. The quantitative estimate of drug-likeness (QED) is 0.611. The van der Waals surface area contributed by atoms with Crippen LogP contribution in [0.2, 0.25) is 5.02 Å². The van der Waals surface area contributed by atoms with E-state index in [1.165, 1.54) is 11.8 Å². The van der Waals surface area contributed by atoms with Gasteiger partial charge in [-0.05, 0) is 30.7 Å². The summed E-state index contributed by atoms with van der Waals surface area (Å²) in [5, 5.41) is 0.657. The molecule has 0 spiro atoms. The predicted molar refractivity (Wildman–Crippen MR) is 77.0 cm³/mol. The number of amides is 1. The van der Waals surface area contributed by atoms with Gasteiger partial charge in [0.25, 0.3) is 5.91 Å². The lowest BCUT2D eigenvalue weighted by Gasteiger charge is -2.09. The van der Waals surface area contributed by atoms with Gasteiger partial charge in [-0.15, -0.1) is 0 Å². The van der Waals surface area contributed by atoms with Gasteiger partial charge in [-0.1, -0.05) is 47.7 Å². The zero-order valence-corrected chi connectivity index (χ0v) is 11.5. The molecule has 0 saturated carbocycles. The predicted octanol–water partition coefficient (Wildman–Crippen LogP) is 3.56. The van der Waals surface area contributed by atoms with Crippen LogP contribution in [0, 0.1) is 0 Å². The van der Waals surface area contributed by atoms with E-state index >= 15 is 0 Å². The van der Waals surface area contributed by atoms with Gasteiger partial charge in [-0.3, -0.25) is 9.69 Å². The molecular formula is C12H10ClNOS2. The van der Waals surface area contributed by atoms with Crippen molar-refractivity contribution in [1.29, 1.82) is 0 Å². The number of rotatable bonds is 2. The van der Waals surface area contributed by atoms with Crippen molar-refractivity contribution in [3.63, 3.8) is 0 Å². The molecule has 0 aromatic heterocycles. The lowest BCUT2D eigenvalue weighted by Crippen LogP contribution is -2.27. The maximum absolute atomic E-state index is 12.0. The van der Waals surface area contributed by atoms with Crippen LogP contribution in [0.3, 0.4) is 0 Å². The molecule has 0 radical (unpaired) electrons. The molecule has 0 bridgehead atoms. The smallest absolute Gasteiger partial charge is 0.266 e. The zero-order valence-electron chi connectivity index (χ0n) is 9.14. The van der Waals surface area contributed by atoms with E-state index in [-0.39, 0.29) is 5.91 Å². The summed E-state index contributed by atoms with van der Waals surface area (Å²) >= 11 is 12.4. The summed E-state index contributed by atoms with van der Waals surface area (Å²) in [5.74, 6) is -0.0255. The van der Waals surface area contributed by atoms with E-state index in [4.69, 9.17) is 23.8 Å². The van der Waals surface area contributed by atoms with Crippen molar-refractivity contribution in [2.75, 3.05) is 6.54 Å². The average molecular weight is 284 g/mol. The largest absolute Gasteiger partial charge is 0.293 e. The van der Waals surface area contributed by atoms with E-state index in [1.807, 2.05) is 31.2 Å². The van der Waals surface area contributed by atoms with Crippen LogP contribution in [-0.2, 0) is 4.79 Å². The van der Waals surface area contributed by atoms with Crippen molar-refractivity contribution in [1.82, 2.24) is 4.90 Å². The highest BCUT2D eigenvalue weighted by Crippen LogP contribution is 2.32. The molecule has 88 valence electrons. The Bertz CT molecular complexity index is 513. The molecule has 1 aromatic rings. The fourth-order valence-corrected chi connectivity index (χ4v) is 3.10. The Kier molecular flexibility index (Phi) is 3.86. The van der Waals surface area contributed by atoms with E-state index in [0.29, 0.717) is 20.8 Å². The number of nitrogens with zero attached hydrogens (tertiary/aromatic N) is 1. The molecule has 0 aliphatic carbocycles. The molecule has 0 N–H and O–H groups in total. The molecule has 1 fully saturated rings. The number of thioether (sulfide) groups is 1. The van der Waals surface area contributed by atoms with Gasteiger partial charge in [-0.2, -0.15) is 0 Å². The molecule has 17 heavy (non-hydrogen) atoms. The molecular weight excluding hydrogens is 274 g/mol. The number of halogens is 1. The number of benzene rings is 1. The standard InChI is InChI=1S/C12H10ClNOS2/c1-2-14-11(15)10(17-12(14)16)7-8-4-3-5-9(13)6-8/h3-7H,2H2,1H3. The van der Waals surface area contributed by atoms with E-state index in [0.717, 1.165) is 5.56 Å². The highest BCUT2D eigenvalue weighted by Gasteiger charge is 2.30. The van der Waals surface area contributed by atoms with Crippen molar-refractivity contribution in [3.8, 4) is 0 Å². The van der Waals surface area contributed by atoms with Crippen LogP contribution in [0.4, 0.5) is 0 Å². The second-order valence-electron chi connectivity index (χ2n) is 3.48. The van der Waals surface area contributed by atoms with E-state index in [1.54, 1.807) is 11.0 Å². The van der Waals surface area contributed by atoms with E-state index in [9.17, 15) is 4.79 Å². The Morgan fingerprint density at radius 2 is 2.29 bits per heavy atom. The minimum atomic E-state index is -0.0255. The molecule has 1 aliphatic rings. The normalized spacial score (nSPS) is 18.2. The van der Waals surface area contributed by atoms with Crippen LogP contribution in [-0.4, -0.2) is 21.7 Å². The third-order valence-corrected chi connectivity index (χ3v) is 3.95. The minimum absolute atomic E-state index is 0.0255. The number of carbonyl (C=O) groups excluding carboxylic acids is 1. The second-order valence-corrected chi connectivity index (χ2v) is 5.59. The molecule has 0 atom stereocenters. The molecule has 5 heteroatoms. The Morgan fingerprint density at radius 1 is 1.53 bits per heavy atom. The highest BCUT2D eigenvalue weighted by atomic mass is 35.5. The Balaban J connectivity index is 2.30. The van der Waals surface area contributed by atoms with Crippen LogP contribution in [0.25, 0.3) is 6.08 Å². The zero-order chi connectivity index (χ0) is 12.4. The van der Waals surface area contributed by atoms with Crippen LogP contribution >= 0.6 is 35.6 Å². The summed E-state index contributed by atoms with van der Waals surface area (Å²) in [6.45, 7) is 2.52. The van der Waals surface area contributed by atoms with Gasteiger partial charge in [0, 0.05) is 11.6 Å². The third-order valence-electron chi connectivity index (χ3n) is 2.34. The minimum Gasteiger partial charge on any atom is -0.293 e. The lowest BCUT2D eigenvalue weighted by atomic mass is 10.2. The Hall–Kier alpha value is -0.840. The van der Waals surface area contributed by atoms with Gasteiger partial charge in [0.05, 0.1) is 4.91 Å². The van der Waals surface area contributed by atoms with Gasteiger partial charge in [0.2, 0.25) is 0 Å². The van der Waals surface area contributed by atoms with Crippen LogP contribution in [0.1, 0.15) is 12.5 Å². The van der Waals surface area contributed by atoms with Gasteiger partial charge >= 0.3 is 0 Å². The maximum atomic E-state index is 12.0. The van der Waals surface area contributed by atoms with Crippen molar-refractivity contribution < 1.29 is 4.79 Å². The fourth-order valence-electron chi connectivity index (χ4n) is 1.52. The first kappa shape index (κ1) is 12.6. The van der Waals surface area contributed by atoms with Crippen molar-refractivity contribution in [3.05, 3.63) is 39.8 Å². The van der Waals surface area contributed by atoms with Crippen LogP contribution < -0.4 is 0 Å². The maximum Gasteiger partial charge on any atom is 0.266 e. The summed E-state index contributed by atoms with van der Waals surface area (Å²) in [4.78, 5) is 14.2. The summed E-state index contributed by atoms with van der Waals surface area (Å²) < 4.78 is 0.616. The number of likely N-dealkylation sites (N-methyl/N-ethyl adjacent to an activating group) is 1. The van der Waals surface area contributed by atoms with Gasteiger partial charge in [0.15, 0.2) is 0 Å². The number of hydrogen-bond donors (Lipinski definition) is 0. The average Bonchev–Trinajstić information content (AvgIpc) is 2.54. The van der Waals surface area contributed by atoms with E-state index in [2.05, 4.69) is 0 Å². The van der Waals surface area contributed by atoms with Gasteiger partial charge in [0.1, 0.15) is 4.32 Å². The first-order chi connectivity index (χ1) is 8.11. The Morgan fingerprint density at radius 3 is 2.88 bits per heavy atom. The molecule has 0 unspecified atom stereocenters. The molecule has 1 amide bonds. The van der Waals surface area contributed by atoms with Crippen molar-refractivity contribution in [2.24, 2.45) is 0 Å². The number of thiocarbonyl (C=S) groups is 1. The molecule has 2 rings (SSSR count). The molecule has 1 aromatic carbocycles. The summed E-state index contributed by atoms with van der Waals surface area (Å²) in [6.07, 6.45) is 1.82. The molecule has 1 saturated heterocycles. The highest BCUT2D eigenvalue weighted by molar-refractivity contribution is 8.26. The van der Waals surface area contributed by atoms with Crippen LogP contribution in [0.5, 0.6) is 0 Å². The fraction of sp³-hybridized carbons (Fsp3) is 0.167. The second kappa shape index (κ2) is 5.21. The SMILES string of the molecule is CCN1C(=O)C(=Cc2cccc(Cl)c2)SC1=S. The van der Waals surface area contributed by atoms with Gasteiger partial charge in [-0.25, -0.2) is 0 Å². The number of carbonyl (C=O) groups is 1. The summed E-state index contributed by atoms with van der Waals surface area (Å²) in [7, 11) is 0. The molecule has 1 aliphatic heterocycles. The van der Waals surface area contributed by atoms with Gasteiger partial charge < -0.3 is 0 Å². The third kappa shape index (κ3) is 2.70. The monoisotopic (exact) mass is 283 g/mol. The molecule has 2 nitrogen and oxygen atoms in total. The molecule has 1 heterocycles. The summed E-state index contributed by atoms with van der Waals surface area (Å²) in [5.41, 5.74) is 0.911. The summed E-state index contributed by atoms with van der Waals surface area (Å²) in [6, 6.07) is 7.38. The first-order valence-corrected chi connectivity index (χ1v) is 6.73. The van der Waals surface area contributed by atoms with Crippen LogP contribution in [0.15, 0.2) is 29.2 Å². The van der Waals surface area contributed by atoms with Crippen molar-refractivity contribution >= 4 is 51.9 Å². The topological polar surface area (TPSA) is 20.3 Å². The lowest BCUT2D eigenvalue weighted by molar-refractivity contribution is -0.121. The Labute approximate surface area is 115 Å². The van der Waals surface area contributed by atoms with Crippen molar-refractivity contribution in [2.45, 2.75) is 6.92 Å².